The highest BCUT2D eigenvalue weighted by Gasteiger charge is 2.32. The zero-order chi connectivity index (χ0) is 20.1. The van der Waals surface area contributed by atoms with Crippen molar-refractivity contribution in [2.75, 3.05) is 26.7 Å². The number of hydrogen-bond acceptors (Lipinski definition) is 2. The smallest absolute Gasteiger partial charge is 0.225 e. The third-order valence-corrected chi connectivity index (χ3v) is 6.62. The van der Waals surface area contributed by atoms with E-state index >= 15 is 0 Å². The van der Waals surface area contributed by atoms with Gasteiger partial charge in [-0.1, -0.05) is 54.8 Å². The Bertz CT molecular complexity index is 701. The van der Waals surface area contributed by atoms with Gasteiger partial charge in [-0.3, -0.25) is 9.79 Å². The third-order valence-electron chi connectivity index (χ3n) is 6.09. The van der Waals surface area contributed by atoms with Crippen LogP contribution in [-0.2, 0) is 10.2 Å². The van der Waals surface area contributed by atoms with E-state index in [0.29, 0.717) is 5.91 Å². The van der Waals surface area contributed by atoms with Crippen molar-refractivity contribution in [1.82, 2.24) is 15.5 Å². The van der Waals surface area contributed by atoms with Crippen molar-refractivity contribution in [3.05, 3.63) is 34.3 Å². The van der Waals surface area contributed by atoms with Gasteiger partial charge < -0.3 is 15.5 Å². The second-order valence-corrected chi connectivity index (χ2v) is 9.63. The molecule has 0 bridgehead atoms. The Kier molecular flexibility index (Phi) is 9.25. The lowest BCUT2D eigenvalue weighted by molar-refractivity contribution is -0.134. The number of guanidine groups is 1. The van der Waals surface area contributed by atoms with E-state index in [2.05, 4.69) is 69.7 Å². The Balaban J connectivity index is 0.00000300. The van der Waals surface area contributed by atoms with Crippen molar-refractivity contribution in [2.45, 2.75) is 57.4 Å². The summed E-state index contributed by atoms with van der Waals surface area (Å²) in [5.74, 6) is 1.44. The van der Waals surface area contributed by atoms with Crippen LogP contribution in [0.15, 0.2) is 33.7 Å². The molecule has 1 atom stereocenters. The highest BCUT2D eigenvalue weighted by atomic mass is 127. The van der Waals surface area contributed by atoms with Crippen LogP contribution in [0.3, 0.4) is 0 Å². The summed E-state index contributed by atoms with van der Waals surface area (Å²) in [5.41, 5.74) is 1.27. The summed E-state index contributed by atoms with van der Waals surface area (Å²) in [7, 11) is 1.80. The van der Waals surface area contributed by atoms with E-state index in [-0.39, 0.29) is 41.4 Å². The van der Waals surface area contributed by atoms with Crippen LogP contribution < -0.4 is 10.6 Å². The maximum Gasteiger partial charge on any atom is 0.225 e. The number of carbonyl (C=O) groups excluding carboxylic acids is 1. The molecule has 0 aromatic heterocycles. The van der Waals surface area contributed by atoms with Crippen LogP contribution in [0.5, 0.6) is 0 Å². The zero-order valence-electron chi connectivity index (χ0n) is 17.7. The largest absolute Gasteiger partial charge is 0.356 e. The van der Waals surface area contributed by atoms with Gasteiger partial charge in [0.15, 0.2) is 5.96 Å². The lowest BCUT2D eigenvalue weighted by Crippen LogP contribution is -2.48. The molecule has 2 fully saturated rings. The molecular weight excluding hydrogens is 543 g/mol. The summed E-state index contributed by atoms with van der Waals surface area (Å²) < 4.78 is 1.09. The van der Waals surface area contributed by atoms with Gasteiger partial charge in [-0.2, -0.15) is 0 Å². The van der Waals surface area contributed by atoms with Gasteiger partial charge in [0.1, 0.15) is 0 Å². The zero-order valence-corrected chi connectivity index (χ0v) is 21.6. The molecule has 1 aromatic rings. The quantitative estimate of drug-likeness (QED) is 0.312. The molecule has 162 valence electrons. The summed E-state index contributed by atoms with van der Waals surface area (Å²) in [5, 5.41) is 6.98. The average molecular weight is 577 g/mol. The number of nitrogens with zero attached hydrogens (tertiary/aromatic N) is 2. The molecule has 2 N–H and O–H groups in total. The minimum Gasteiger partial charge on any atom is -0.356 e. The molecule has 1 saturated heterocycles. The van der Waals surface area contributed by atoms with Crippen LogP contribution in [0.1, 0.15) is 51.5 Å². The summed E-state index contributed by atoms with van der Waals surface area (Å²) in [4.78, 5) is 19.1. The van der Waals surface area contributed by atoms with Crippen LogP contribution in [0.2, 0.25) is 0 Å². The number of nitrogens with one attached hydrogen (secondary N) is 2. The van der Waals surface area contributed by atoms with Crippen molar-refractivity contribution < 1.29 is 4.79 Å². The molecule has 1 aromatic carbocycles. The van der Waals surface area contributed by atoms with Crippen molar-refractivity contribution in [2.24, 2.45) is 10.9 Å². The van der Waals surface area contributed by atoms with E-state index in [1.165, 1.54) is 18.4 Å². The van der Waals surface area contributed by atoms with Gasteiger partial charge in [0.05, 0.1) is 0 Å². The van der Waals surface area contributed by atoms with Crippen LogP contribution >= 0.6 is 39.9 Å². The van der Waals surface area contributed by atoms with E-state index < -0.39 is 0 Å². The number of benzene rings is 1. The number of aliphatic imine (C=N–C) groups is 1. The maximum absolute atomic E-state index is 12.6. The van der Waals surface area contributed by atoms with Gasteiger partial charge in [-0.25, -0.2) is 0 Å². The predicted molar refractivity (Wildman–Crippen MR) is 134 cm³/mol. The SMILES string of the molecule is CN=C(NCC(C)(C)c1ccc(Br)cc1)NC1CCN(C(=O)C2CCCC2)C1.I. The molecule has 1 aliphatic carbocycles. The first-order valence-electron chi connectivity index (χ1n) is 10.4. The lowest BCUT2D eigenvalue weighted by Gasteiger charge is -2.28. The van der Waals surface area contributed by atoms with Gasteiger partial charge in [-0.05, 0) is 37.0 Å². The number of hydrogen-bond donors (Lipinski definition) is 2. The second kappa shape index (κ2) is 11.0. The number of carbonyl (C=O) groups is 1. The summed E-state index contributed by atoms with van der Waals surface area (Å²) in [6, 6.07) is 8.75. The number of halogens is 2. The summed E-state index contributed by atoms with van der Waals surface area (Å²) in [6.07, 6.45) is 5.53. The average Bonchev–Trinajstić information content (AvgIpc) is 3.37. The van der Waals surface area contributed by atoms with Gasteiger partial charge in [0, 0.05) is 48.5 Å². The van der Waals surface area contributed by atoms with Gasteiger partial charge >= 0.3 is 0 Å². The molecule has 0 radical (unpaired) electrons. The fourth-order valence-corrected chi connectivity index (χ4v) is 4.47. The topological polar surface area (TPSA) is 56.7 Å². The number of amides is 1. The first-order chi connectivity index (χ1) is 13.4. The predicted octanol–water partition coefficient (Wildman–Crippen LogP) is 4.30. The second-order valence-electron chi connectivity index (χ2n) is 8.71. The van der Waals surface area contributed by atoms with E-state index in [1.807, 2.05) is 4.90 Å². The molecule has 7 heteroatoms. The third kappa shape index (κ3) is 6.57. The highest BCUT2D eigenvalue weighted by Crippen LogP contribution is 2.28. The number of rotatable bonds is 5. The minimum atomic E-state index is -0.0154. The molecule has 5 nitrogen and oxygen atoms in total. The van der Waals surface area contributed by atoms with Crippen molar-refractivity contribution in [1.29, 1.82) is 0 Å². The molecule has 0 spiro atoms. The molecule has 3 rings (SSSR count). The Labute approximate surface area is 200 Å². The molecule has 1 unspecified atom stereocenters. The van der Waals surface area contributed by atoms with Crippen LogP contribution in [-0.4, -0.2) is 49.5 Å². The first kappa shape index (κ1) is 24.4. The fraction of sp³-hybridized carbons (Fsp3) is 0.636. The lowest BCUT2D eigenvalue weighted by atomic mass is 9.85. The Morgan fingerprint density at radius 2 is 1.86 bits per heavy atom. The van der Waals surface area contributed by atoms with Crippen LogP contribution in [0.25, 0.3) is 0 Å². The van der Waals surface area contributed by atoms with Crippen LogP contribution in [0, 0.1) is 5.92 Å². The van der Waals surface area contributed by atoms with Gasteiger partial charge in [0.25, 0.3) is 0 Å². The van der Waals surface area contributed by atoms with Crippen LogP contribution in [0.4, 0.5) is 0 Å². The van der Waals surface area contributed by atoms with Crippen molar-refractivity contribution >= 4 is 51.8 Å². The van der Waals surface area contributed by atoms with E-state index in [9.17, 15) is 4.79 Å². The van der Waals surface area contributed by atoms with Crippen molar-refractivity contribution in [3.8, 4) is 0 Å². The number of likely N-dealkylation sites (tertiary alicyclic amines) is 1. The Hall–Kier alpha value is -0.830. The molecule has 29 heavy (non-hydrogen) atoms. The molecule has 2 aliphatic rings. The standard InChI is InChI=1S/C22H33BrN4O.HI/c1-22(2,17-8-10-18(23)11-9-17)15-25-21(24-3)26-19-12-13-27(14-19)20(28)16-6-4-5-7-16;/h8-11,16,19H,4-7,12-15H2,1-3H3,(H2,24,25,26);1H. The fourth-order valence-electron chi connectivity index (χ4n) is 4.21. The maximum atomic E-state index is 12.6. The monoisotopic (exact) mass is 576 g/mol. The Morgan fingerprint density at radius 3 is 2.48 bits per heavy atom. The van der Waals surface area contributed by atoms with E-state index in [4.69, 9.17) is 0 Å². The van der Waals surface area contributed by atoms with E-state index in [0.717, 1.165) is 49.3 Å². The summed E-state index contributed by atoms with van der Waals surface area (Å²) >= 11 is 3.50. The molecule has 1 aliphatic heterocycles. The van der Waals surface area contributed by atoms with E-state index in [1.54, 1.807) is 7.05 Å². The summed E-state index contributed by atoms with van der Waals surface area (Å²) in [6.45, 7) is 6.88. The molecular formula is C22H34BrIN4O. The van der Waals surface area contributed by atoms with Gasteiger partial charge in [0.2, 0.25) is 5.91 Å². The first-order valence-corrected chi connectivity index (χ1v) is 11.2. The molecule has 1 heterocycles. The molecule has 1 saturated carbocycles. The normalized spacial score (nSPS) is 20.5. The highest BCUT2D eigenvalue weighted by molar-refractivity contribution is 14.0. The minimum absolute atomic E-state index is 0. The van der Waals surface area contributed by atoms with Gasteiger partial charge in [-0.15, -0.1) is 24.0 Å². The van der Waals surface area contributed by atoms with Crippen molar-refractivity contribution in [3.63, 3.8) is 0 Å². The molecule has 1 amide bonds. The Morgan fingerprint density at radius 1 is 1.21 bits per heavy atom.